The number of nitrogens with one attached hydrogen (secondary N) is 1. The molecule has 1 aliphatic heterocycles. The van der Waals surface area contributed by atoms with Crippen molar-refractivity contribution in [3.05, 3.63) is 34.4 Å². The Kier molecular flexibility index (Phi) is 6.63. The summed E-state index contributed by atoms with van der Waals surface area (Å²) < 4.78 is 10.7. The smallest absolute Gasteiger partial charge is 0.335 e. The topological polar surface area (TPSA) is 74.9 Å². The maximum absolute atomic E-state index is 12.4. The fourth-order valence-electron chi connectivity index (χ4n) is 9.76. The van der Waals surface area contributed by atoms with E-state index in [0.29, 0.717) is 23.3 Å². The highest BCUT2D eigenvalue weighted by molar-refractivity contribution is 5.27. The molecule has 1 aromatic heterocycles. The van der Waals surface area contributed by atoms with E-state index in [2.05, 4.69) is 24.1 Å². The molecule has 6 rings (SSSR count). The molecule has 1 saturated heterocycles. The zero-order valence-corrected chi connectivity index (χ0v) is 22.3. The molecule has 6 heteroatoms. The summed E-state index contributed by atoms with van der Waals surface area (Å²) in [7, 11) is 0. The van der Waals surface area contributed by atoms with Gasteiger partial charge in [0.15, 0.2) is 0 Å². The van der Waals surface area contributed by atoms with E-state index in [4.69, 9.17) is 9.15 Å². The lowest BCUT2D eigenvalue weighted by molar-refractivity contribution is -0.202. The van der Waals surface area contributed by atoms with E-state index in [-0.39, 0.29) is 17.0 Å². The summed E-state index contributed by atoms with van der Waals surface area (Å²) in [6.07, 6.45) is 12.1. The molecular weight excluding hydrogens is 452 g/mol. The third-order valence-corrected chi connectivity index (χ3v) is 11.9. The average Bonchev–Trinajstić information content (AvgIpc) is 3.16. The third-order valence-electron chi connectivity index (χ3n) is 11.9. The van der Waals surface area contributed by atoms with Crippen molar-refractivity contribution < 1.29 is 14.3 Å². The second-order valence-corrected chi connectivity index (χ2v) is 13.2. The fraction of sp³-hybridized carbons (Fsp3) is 0.833. The standard InChI is InChI=1S/C30H46N2O4/c1-28-10-7-23(31-13-14-32-15-17-35-18-16-32)19-22(28)4-5-26-25(28)8-11-29(2)24(9-12-30(26,29)34)21-3-6-27(33)36-20-21/h3,6,20,22-26,31,34H,4-5,7-19H2,1-2H3/t22-,23?,24-,25+,26-,28+,29-,30+/m1/s1. The molecule has 4 aliphatic carbocycles. The maximum atomic E-state index is 12.4. The molecule has 1 unspecified atom stereocenters. The maximum Gasteiger partial charge on any atom is 0.335 e. The molecule has 6 nitrogen and oxygen atoms in total. The average molecular weight is 499 g/mol. The normalized spacial score (nSPS) is 45.0. The molecule has 0 bridgehead atoms. The van der Waals surface area contributed by atoms with E-state index in [1.165, 1.54) is 32.1 Å². The van der Waals surface area contributed by atoms with Crippen molar-refractivity contribution in [2.24, 2.45) is 28.6 Å². The van der Waals surface area contributed by atoms with Crippen LogP contribution in [0.3, 0.4) is 0 Å². The Morgan fingerprint density at radius 3 is 2.64 bits per heavy atom. The van der Waals surface area contributed by atoms with Crippen molar-refractivity contribution in [2.75, 3.05) is 39.4 Å². The molecule has 1 aromatic rings. The van der Waals surface area contributed by atoms with E-state index in [0.717, 1.165) is 76.6 Å². The molecule has 5 fully saturated rings. The van der Waals surface area contributed by atoms with Gasteiger partial charge in [-0.05, 0) is 98.5 Å². The van der Waals surface area contributed by atoms with Crippen molar-refractivity contribution in [1.82, 2.24) is 10.2 Å². The third kappa shape index (κ3) is 4.02. The molecule has 2 N–H and O–H groups in total. The van der Waals surface area contributed by atoms with Crippen molar-refractivity contribution in [3.63, 3.8) is 0 Å². The van der Waals surface area contributed by atoms with Crippen LogP contribution in [0.15, 0.2) is 27.6 Å². The highest BCUT2D eigenvalue weighted by Gasteiger charge is 2.67. The molecule has 200 valence electrons. The Bertz CT molecular complexity index is 971. The molecular formula is C30H46N2O4. The first-order valence-corrected chi connectivity index (χ1v) is 14.7. The van der Waals surface area contributed by atoms with Gasteiger partial charge < -0.3 is 19.6 Å². The van der Waals surface area contributed by atoms with E-state index in [9.17, 15) is 9.90 Å². The number of fused-ring (bicyclic) bond motifs is 5. The van der Waals surface area contributed by atoms with Crippen LogP contribution >= 0.6 is 0 Å². The Morgan fingerprint density at radius 1 is 1.03 bits per heavy atom. The van der Waals surface area contributed by atoms with Gasteiger partial charge in [0.25, 0.3) is 0 Å². The molecule has 2 heterocycles. The monoisotopic (exact) mass is 498 g/mol. The van der Waals surface area contributed by atoms with Crippen LogP contribution in [0.2, 0.25) is 0 Å². The summed E-state index contributed by atoms with van der Waals surface area (Å²) in [6.45, 7) is 11.0. The van der Waals surface area contributed by atoms with Gasteiger partial charge in [-0.15, -0.1) is 0 Å². The Labute approximate surface area is 216 Å². The van der Waals surface area contributed by atoms with Crippen LogP contribution in [0.1, 0.15) is 83.1 Å². The van der Waals surface area contributed by atoms with E-state index in [1.54, 1.807) is 12.3 Å². The minimum absolute atomic E-state index is 0.143. The van der Waals surface area contributed by atoms with Gasteiger partial charge in [0, 0.05) is 43.7 Å². The molecule has 0 spiro atoms. The second kappa shape index (κ2) is 9.52. The first-order chi connectivity index (χ1) is 17.3. The molecule has 8 atom stereocenters. The van der Waals surface area contributed by atoms with E-state index >= 15 is 0 Å². The van der Waals surface area contributed by atoms with E-state index in [1.807, 2.05) is 6.07 Å². The van der Waals surface area contributed by atoms with Crippen molar-refractivity contribution in [3.8, 4) is 0 Å². The van der Waals surface area contributed by atoms with Gasteiger partial charge in [-0.25, -0.2) is 4.79 Å². The Hall–Kier alpha value is -1.21. The van der Waals surface area contributed by atoms with Gasteiger partial charge in [0.1, 0.15) is 0 Å². The lowest BCUT2D eigenvalue weighted by atomic mass is 9.43. The molecule has 0 amide bonds. The van der Waals surface area contributed by atoms with Crippen molar-refractivity contribution in [1.29, 1.82) is 0 Å². The van der Waals surface area contributed by atoms with Gasteiger partial charge in [-0.1, -0.05) is 13.8 Å². The minimum Gasteiger partial charge on any atom is -0.431 e. The number of aliphatic hydroxyl groups is 1. The van der Waals surface area contributed by atoms with Gasteiger partial charge in [0.2, 0.25) is 0 Å². The number of morpholine rings is 1. The predicted molar refractivity (Wildman–Crippen MR) is 140 cm³/mol. The summed E-state index contributed by atoms with van der Waals surface area (Å²) >= 11 is 0. The van der Waals surface area contributed by atoms with Crippen LogP contribution in [-0.2, 0) is 4.74 Å². The lowest BCUT2D eigenvalue weighted by Gasteiger charge is -2.64. The highest BCUT2D eigenvalue weighted by Crippen LogP contribution is 2.70. The van der Waals surface area contributed by atoms with Gasteiger partial charge >= 0.3 is 5.63 Å². The van der Waals surface area contributed by atoms with Gasteiger partial charge in [-0.2, -0.15) is 0 Å². The zero-order chi connectivity index (χ0) is 25.0. The fourth-order valence-corrected chi connectivity index (χ4v) is 9.76. The van der Waals surface area contributed by atoms with Gasteiger partial charge in [0.05, 0.1) is 25.1 Å². The summed E-state index contributed by atoms with van der Waals surface area (Å²) in [4.78, 5) is 14.1. The van der Waals surface area contributed by atoms with Crippen LogP contribution in [-0.4, -0.2) is 61.0 Å². The SMILES string of the molecule is C[C@]12CCC(NCCN3CCOCC3)C[C@H]1CC[C@@H]1[C@@H]2CC[C@]2(C)[C@@H](c3ccc(=O)oc3)CC[C@]12O. The number of nitrogens with zero attached hydrogens (tertiary/aromatic N) is 1. The lowest BCUT2D eigenvalue weighted by Crippen LogP contribution is -2.62. The summed E-state index contributed by atoms with van der Waals surface area (Å²) in [5.41, 5.74) is 0.390. The zero-order valence-electron chi connectivity index (χ0n) is 22.3. The second-order valence-electron chi connectivity index (χ2n) is 13.2. The first kappa shape index (κ1) is 25.1. The summed E-state index contributed by atoms with van der Waals surface area (Å²) in [5.74, 6) is 2.05. The van der Waals surface area contributed by atoms with Crippen LogP contribution in [0.5, 0.6) is 0 Å². The number of ether oxygens (including phenoxy) is 1. The quantitative estimate of drug-likeness (QED) is 0.635. The number of rotatable bonds is 5. The summed E-state index contributed by atoms with van der Waals surface area (Å²) in [6, 6.07) is 4.12. The van der Waals surface area contributed by atoms with Crippen LogP contribution < -0.4 is 10.9 Å². The first-order valence-electron chi connectivity index (χ1n) is 14.7. The predicted octanol–water partition coefficient (Wildman–Crippen LogP) is 4.17. The molecule has 5 aliphatic rings. The molecule has 0 radical (unpaired) electrons. The van der Waals surface area contributed by atoms with Crippen LogP contribution in [0, 0.1) is 28.6 Å². The molecule has 4 saturated carbocycles. The van der Waals surface area contributed by atoms with Gasteiger partial charge in [-0.3, -0.25) is 4.90 Å². The van der Waals surface area contributed by atoms with E-state index < -0.39 is 5.60 Å². The molecule has 0 aromatic carbocycles. The largest absolute Gasteiger partial charge is 0.431 e. The highest BCUT2D eigenvalue weighted by atomic mass is 16.5. The number of hydrogen-bond donors (Lipinski definition) is 2. The van der Waals surface area contributed by atoms with Crippen molar-refractivity contribution in [2.45, 2.75) is 89.2 Å². The molecule has 36 heavy (non-hydrogen) atoms. The Balaban J connectivity index is 1.12. The van der Waals surface area contributed by atoms with Crippen LogP contribution in [0.4, 0.5) is 0 Å². The minimum atomic E-state index is -0.613. The van der Waals surface area contributed by atoms with Crippen LogP contribution in [0.25, 0.3) is 0 Å². The number of hydrogen-bond acceptors (Lipinski definition) is 6. The Morgan fingerprint density at radius 2 is 1.86 bits per heavy atom. The summed E-state index contributed by atoms with van der Waals surface area (Å²) in [5, 5.41) is 16.3. The van der Waals surface area contributed by atoms with Crippen molar-refractivity contribution >= 4 is 0 Å².